The zero-order valence-electron chi connectivity index (χ0n) is 19.8. The van der Waals surface area contributed by atoms with E-state index in [-0.39, 0.29) is 5.41 Å². The Morgan fingerprint density at radius 3 is 1.77 bits per heavy atom. The first kappa shape index (κ1) is 21.4. The van der Waals surface area contributed by atoms with E-state index in [9.17, 15) is 0 Å². The van der Waals surface area contributed by atoms with E-state index in [0.29, 0.717) is 5.95 Å². The van der Waals surface area contributed by atoms with Gasteiger partial charge in [-0.25, -0.2) is 9.97 Å². The maximum Gasteiger partial charge on any atom is 0.235 e. The molecule has 0 saturated carbocycles. The fourth-order valence-corrected chi connectivity index (χ4v) is 4.98. The highest BCUT2D eigenvalue weighted by Gasteiger charge is 2.37. The monoisotopic (exact) mass is 449 g/mol. The molecule has 3 nitrogen and oxygen atoms in total. The maximum absolute atomic E-state index is 6.26. The van der Waals surface area contributed by atoms with Gasteiger partial charge < -0.3 is 0 Å². The molecule has 0 unspecified atom stereocenters. The van der Waals surface area contributed by atoms with Crippen molar-refractivity contribution in [2.24, 2.45) is 0 Å². The van der Waals surface area contributed by atoms with Crippen LogP contribution in [0, 0.1) is 0 Å². The van der Waals surface area contributed by atoms with Crippen molar-refractivity contribution in [1.82, 2.24) is 9.97 Å². The molecule has 0 atom stereocenters. The van der Waals surface area contributed by atoms with Crippen LogP contribution < -0.4 is 10.4 Å². The Morgan fingerprint density at radius 2 is 1.14 bits per heavy atom. The van der Waals surface area contributed by atoms with Gasteiger partial charge in [0.25, 0.3) is 0 Å². The van der Waals surface area contributed by atoms with Crippen molar-refractivity contribution in [3.63, 3.8) is 0 Å². The van der Waals surface area contributed by atoms with E-state index in [4.69, 9.17) is 17.8 Å². The Kier molecular flexibility index (Phi) is 5.03. The predicted molar refractivity (Wildman–Crippen MR) is 145 cm³/mol. The van der Waals surface area contributed by atoms with Gasteiger partial charge in [-0.05, 0) is 29.3 Å². The van der Waals surface area contributed by atoms with Crippen molar-refractivity contribution >= 4 is 30.6 Å². The molecule has 0 N–H and O–H groups in total. The smallest absolute Gasteiger partial charge is 0.235 e. The fourth-order valence-electron chi connectivity index (χ4n) is 4.98. The normalized spacial score (nSPS) is 13.7. The minimum absolute atomic E-state index is 0.211. The lowest BCUT2D eigenvalue weighted by Gasteiger charge is -2.41. The molecule has 1 aliphatic heterocycles. The number of hydrogen-bond acceptors (Lipinski definition) is 3. The van der Waals surface area contributed by atoms with Gasteiger partial charge >= 0.3 is 0 Å². The lowest BCUT2D eigenvalue weighted by Crippen LogP contribution is -2.32. The summed E-state index contributed by atoms with van der Waals surface area (Å²) in [5.41, 5.74) is 8.91. The molecule has 0 fully saturated rings. The third kappa shape index (κ3) is 3.62. The van der Waals surface area contributed by atoms with Crippen LogP contribution in [0.4, 0.5) is 17.3 Å². The Labute approximate surface area is 207 Å². The highest BCUT2D eigenvalue weighted by atomic mass is 15.3. The molecule has 2 radical (unpaired) electrons. The zero-order chi connectivity index (χ0) is 24.0. The number of benzene rings is 4. The molecule has 0 saturated heterocycles. The van der Waals surface area contributed by atoms with E-state index in [2.05, 4.69) is 85.5 Å². The molecule has 0 spiro atoms. The second-order valence-electron chi connectivity index (χ2n) is 9.42. The Bertz CT molecular complexity index is 1470. The standard InChI is InChI=1S/C31H24BN3/c1-31(2)24-15-9-10-16-28(24)35(29-18-17-23(32)19-25(29)31)30-33-26(21-11-5-3-6-12-21)20-27(34-30)22-13-7-4-8-14-22/h3-20H,1-2H3. The van der Waals surface area contributed by atoms with Gasteiger partial charge in [0.1, 0.15) is 7.85 Å². The van der Waals surface area contributed by atoms with Gasteiger partial charge in [0, 0.05) is 16.5 Å². The summed E-state index contributed by atoms with van der Waals surface area (Å²) in [6.07, 6.45) is 0. The molecular formula is C31H24BN3. The molecule has 2 heterocycles. The molecule has 5 aromatic rings. The van der Waals surface area contributed by atoms with Crippen molar-refractivity contribution < 1.29 is 0 Å². The maximum atomic E-state index is 6.26. The van der Waals surface area contributed by atoms with Crippen LogP contribution in [0.3, 0.4) is 0 Å². The van der Waals surface area contributed by atoms with Gasteiger partial charge in [0.2, 0.25) is 5.95 Å². The summed E-state index contributed by atoms with van der Waals surface area (Å²) in [5.74, 6) is 0.638. The molecule has 4 aromatic carbocycles. The van der Waals surface area contributed by atoms with Crippen molar-refractivity contribution in [1.29, 1.82) is 0 Å². The lowest BCUT2D eigenvalue weighted by atomic mass is 9.72. The van der Waals surface area contributed by atoms with E-state index in [1.165, 1.54) is 5.56 Å². The molecule has 0 amide bonds. The van der Waals surface area contributed by atoms with Crippen molar-refractivity contribution in [3.8, 4) is 22.5 Å². The molecule has 6 rings (SSSR count). The van der Waals surface area contributed by atoms with Crippen molar-refractivity contribution in [3.05, 3.63) is 120 Å². The second-order valence-corrected chi connectivity index (χ2v) is 9.42. The van der Waals surface area contributed by atoms with Crippen LogP contribution in [-0.4, -0.2) is 17.8 Å². The highest BCUT2D eigenvalue weighted by molar-refractivity contribution is 6.32. The average Bonchev–Trinajstić information content (AvgIpc) is 2.90. The molecule has 166 valence electrons. The number of hydrogen-bond donors (Lipinski definition) is 0. The van der Waals surface area contributed by atoms with Gasteiger partial charge in [-0.2, -0.15) is 0 Å². The molecular weight excluding hydrogens is 425 g/mol. The quantitative estimate of drug-likeness (QED) is 0.287. The van der Waals surface area contributed by atoms with Crippen molar-refractivity contribution in [2.45, 2.75) is 19.3 Å². The minimum atomic E-state index is -0.211. The summed E-state index contributed by atoms with van der Waals surface area (Å²) in [4.78, 5) is 12.4. The van der Waals surface area contributed by atoms with Gasteiger partial charge in [0.15, 0.2) is 0 Å². The molecule has 1 aliphatic rings. The highest BCUT2D eigenvalue weighted by Crippen LogP contribution is 2.50. The zero-order valence-corrected chi connectivity index (χ0v) is 19.8. The first-order chi connectivity index (χ1) is 17.0. The lowest BCUT2D eigenvalue weighted by molar-refractivity contribution is 0.631. The Balaban J connectivity index is 1.64. The molecule has 0 aliphatic carbocycles. The van der Waals surface area contributed by atoms with Crippen LogP contribution in [0.25, 0.3) is 22.5 Å². The number of aromatic nitrogens is 2. The average molecular weight is 449 g/mol. The summed E-state index contributed by atoms with van der Waals surface area (Å²) >= 11 is 0. The SMILES string of the molecule is [B]c1ccc2c(c1)C(C)(C)c1ccccc1N2c1nc(-c2ccccc2)cc(-c2ccccc2)n1. The Hall–Kier alpha value is -4.18. The first-order valence-electron chi connectivity index (χ1n) is 11.8. The fraction of sp³-hybridized carbons (Fsp3) is 0.0968. The largest absolute Gasteiger partial charge is 0.279 e. The van der Waals surface area contributed by atoms with Gasteiger partial charge in [-0.15, -0.1) is 0 Å². The number of nitrogens with zero attached hydrogens (tertiary/aromatic N) is 3. The topological polar surface area (TPSA) is 29.0 Å². The number of rotatable bonds is 3. The predicted octanol–water partition coefficient (Wildman–Crippen LogP) is 6.71. The molecule has 0 bridgehead atoms. The van der Waals surface area contributed by atoms with Crippen LogP contribution in [0.5, 0.6) is 0 Å². The summed E-state index contributed by atoms with van der Waals surface area (Å²) in [6, 6.07) is 37.2. The van der Waals surface area contributed by atoms with Crippen LogP contribution >= 0.6 is 0 Å². The van der Waals surface area contributed by atoms with E-state index in [0.717, 1.165) is 44.9 Å². The van der Waals surface area contributed by atoms with Crippen LogP contribution in [0.1, 0.15) is 25.0 Å². The van der Waals surface area contributed by atoms with Crippen LogP contribution in [0.2, 0.25) is 0 Å². The van der Waals surface area contributed by atoms with Gasteiger partial charge in [-0.3, -0.25) is 4.90 Å². The van der Waals surface area contributed by atoms with E-state index < -0.39 is 0 Å². The van der Waals surface area contributed by atoms with Crippen molar-refractivity contribution in [2.75, 3.05) is 4.90 Å². The summed E-state index contributed by atoms with van der Waals surface area (Å²) in [6.45, 7) is 4.50. The minimum Gasteiger partial charge on any atom is -0.279 e. The van der Waals surface area contributed by atoms with E-state index >= 15 is 0 Å². The summed E-state index contributed by atoms with van der Waals surface area (Å²) in [5, 5.41) is 0. The molecule has 1 aromatic heterocycles. The Morgan fingerprint density at radius 1 is 0.600 bits per heavy atom. The number of para-hydroxylation sites is 1. The third-order valence-electron chi connectivity index (χ3n) is 6.81. The first-order valence-corrected chi connectivity index (χ1v) is 11.8. The van der Waals surface area contributed by atoms with E-state index in [1.807, 2.05) is 42.5 Å². The second kappa shape index (κ2) is 8.24. The summed E-state index contributed by atoms with van der Waals surface area (Å²) in [7, 11) is 6.26. The number of fused-ring (bicyclic) bond motifs is 2. The van der Waals surface area contributed by atoms with Crippen LogP contribution in [0.15, 0.2) is 109 Å². The third-order valence-corrected chi connectivity index (χ3v) is 6.81. The van der Waals surface area contributed by atoms with E-state index in [1.54, 1.807) is 0 Å². The molecule has 4 heteroatoms. The summed E-state index contributed by atoms with van der Waals surface area (Å²) < 4.78 is 0. The van der Waals surface area contributed by atoms with Crippen LogP contribution in [-0.2, 0) is 5.41 Å². The molecule has 35 heavy (non-hydrogen) atoms. The van der Waals surface area contributed by atoms with Gasteiger partial charge in [-0.1, -0.05) is 110 Å². The number of anilines is 3. The van der Waals surface area contributed by atoms with Gasteiger partial charge in [0.05, 0.1) is 22.8 Å².